The predicted octanol–water partition coefficient (Wildman–Crippen LogP) is 3.77. The van der Waals surface area contributed by atoms with Crippen LogP contribution in [0.25, 0.3) is 5.82 Å². The maximum Gasteiger partial charge on any atom is 0.191 e. The third kappa shape index (κ3) is 6.19. The minimum atomic E-state index is 0. The predicted molar refractivity (Wildman–Crippen MR) is 121 cm³/mol. The van der Waals surface area contributed by atoms with Crippen LogP contribution in [-0.2, 0) is 6.54 Å². The molecule has 0 spiro atoms. The van der Waals surface area contributed by atoms with Crippen molar-refractivity contribution in [3.05, 3.63) is 42.6 Å². The van der Waals surface area contributed by atoms with Crippen LogP contribution in [0, 0.1) is 11.8 Å². The van der Waals surface area contributed by atoms with Crippen LogP contribution < -0.4 is 10.6 Å². The molecule has 2 aromatic rings. The third-order valence-corrected chi connectivity index (χ3v) is 5.32. The number of imidazole rings is 1. The van der Waals surface area contributed by atoms with E-state index in [1.165, 1.54) is 25.7 Å². The molecule has 6 nitrogen and oxygen atoms in total. The molecule has 27 heavy (non-hydrogen) atoms. The van der Waals surface area contributed by atoms with Crippen molar-refractivity contribution in [2.75, 3.05) is 7.05 Å². The second-order valence-corrected chi connectivity index (χ2v) is 7.42. The molecule has 1 fully saturated rings. The van der Waals surface area contributed by atoms with Gasteiger partial charge in [-0.15, -0.1) is 24.0 Å². The molecule has 0 amide bonds. The molecule has 0 aromatic carbocycles. The van der Waals surface area contributed by atoms with Gasteiger partial charge in [0, 0.05) is 38.2 Å². The molecular weight excluding hydrogens is 451 g/mol. The van der Waals surface area contributed by atoms with E-state index in [1.807, 2.05) is 30.1 Å². The van der Waals surface area contributed by atoms with Gasteiger partial charge in [0.05, 0.1) is 0 Å². The van der Waals surface area contributed by atoms with Crippen LogP contribution in [0.4, 0.5) is 0 Å². The van der Waals surface area contributed by atoms with Crippen LogP contribution in [0.3, 0.4) is 0 Å². The molecule has 1 saturated carbocycles. The number of nitrogens with one attached hydrogen (secondary N) is 2. The molecule has 1 aliphatic carbocycles. The zero-order valence-corrected chi connectivity index (χ0v) is 18.8. The Balaban J connectivity index is 0.00000261. The van der Waals surface area contributed by atoms with E-state index in [0.717, 1.165) is 29.2 Å². The van der Waals surface area contributed by atoms with Gasteiger partial charge in [0.2, 0.25) is 0 Å². The summed E-state index contributed by atoms with van der Waals surface area (Å²) in [5, 5.41) is 7.01. The van der Waals surface area contributed by atoms with E-state index in [4.69, 9.17) is 0 Å². The van der Waals surface area contributed by atoms with Crippen molar-refractivity contribution < 1.29 is 0 Å². The van der Waals surface area contributed by atoms with Crippen molar-refractivity contribution in [2.24, 2.45) is 16.8 Å². The lowest BCUT2D eigenvalue weighted by atomic mass is 9.80. The number of hydrogen-bond donors (Lipinski definition) is 2. The molecular formula is C20H31IN6. The molecule has 7 heteroatoms. The Morgan fingerprint density at radius 1 is 1.26 bits per heavy atom. The van der Waals surface area contributed by atoms with Crippen LogP contribution in [0.15, 0.2) is 42.0 Å². The number of halogens is 1. The van der Waals surface area contributed by atoms with Gasteiger partial charge < -0.3 is 10.6 Å². The van der Waals surface area contributed by atoms with Crippen LogP contribution in [0.2, 0.25) is 0 Å². The van der Waals surface area contributed by atoms with Gasteiger partial charge in [-0.1, -0.05) is 13.8 Å². The maximum atomic E-state index is 4.39. The summed E-state index contributed by atoms with van der Waals surface area (Å²) in [5.41, 5.74) is 1.16. The van der Waals surface area contributed by atoms with Gasteiger partial charge in [-0.2, -0.15) is 0 Å². The molecule has 0 unspecified atom stereocenters. The molecule has 0 bridgehead atoms. The Morgan fingerprint density at radius 3 is 2.67 bits per heavy atom. The second kappa shape index (κ2) is 10.6. The highest BCUT2D eigenvalue weighted by Gasteiger charge is 2.23. The highest BCUT2D eigenvalue weighted by atomic mass is 127. The summed E-state index contributed by atoms with van der Waals surface area (Å²) in [6.45, 7) is 5.39. The van der Waals surface area contributed by atoms with Gasteiger partial charge in [-0.25, -0.2) is 9.97 Å². The zero-order chi connectivity index (χ0) is 18.4. The summed E-state index contributed by atoms with van der Waals surface area (Å²) in [6.07, 6.45) is 12.3. The van der Waals surface area contributed by atoms with Crippen molar-refractivity contribution >= 4 is 29.9 Å². The summed E-state index contributed by atoms with van der Waals surface area (Å²) in [7, 11) is 1.83. The number of pyridine rings is 1. The summed E-state index contributed by atoms with van der Waals surface area (Å²) >= 11 is 0. The monoisotopic (exact) mass is 482 g/mol. The number of aliphatic imine (C=N–C) groups is 1. The molecule has 0 radical (unpaired) electrons. The molecule has 2 aromatic heterocycles. The summed E-state index contributed by atoms with van der Waals surface area (Å²) in [5.74, 6) is 3.42. The molecule has 148 valence electrons. The zero-order valence-electron chi connectivity index (χ0n) is 16.4. The van der Waals surface area contributed by atoms with Gasteiger partial charge >= 0.3 is 0 Å². The van der Waals surface area contributed by atoms with Gasteiger partial charge in [0.1, 0.15) is 12.1 Å². The first-order chi connectivity index (χ1) is 12.7. The first-order valence-corrected chi connectivity index (χ1v) is 9.56. The standard InChI is InChI=1S/C20H30N6.HI/c1-15(2)17-4-6-18(7-5-17)25-20(21-3)24-13-16-8-9-23-19(12-16)26-11-10-22-14-26;/h8-12,14-15,17-18H,4-7,13H2,1-3H3,(H2,21,24,25);1H. The van der Waals surface area contributed by atoms with Gasteiger partial charge in [-0.3, -0.25) is 9.56 Å². The van der Waals surface area contributed by atoms with Crippen LogP contribution in [0.1, 0.15) is 45.1 Å². The van der Waals surface area contributed by atoms with E-state index < -0.39 is 0 Å². The van der Waals surface area contributed by atoms with E-state index >= 15 is 0 Å². The Hall–Kier alpha value is -1.64. The summed E-state index contributed by atoms with van der Waals surface area (Å²) < 4.78 is 1.91. The molecule has 0 atom stereocenters. The van der Waals surface area contributed by atoms with E-state index in [-0.39, 0.29) is 24.0 Å². The Kier molecular flexibility index (Phi) is 8.53. The number of nitrogens with zero attached hydrogens (tertiary/aromatic N) is 4. The number of rotatable bonds is 5. The van der Waals surface area contributed by atoms with E-state index in [1.54, 1.807) is 12.5 Å². The quantitative estimate of drug-likeness (QED) is 0.387. The van der Waals surface area contributed by atoms with Crippen LogP contribution in [0.5, 0.6) is 0 Å². The maximum absolute atomic E-state index is 4.39. The van der Waals surface area contributed by atoms with Crippen LogP contribution in [-0.4, -0.2) is 33.6 Å². The fraction of sp³-hybridized carbons (Fsp3) is 0.550. The lowest BCUT2D eigenvalue weighted by Crippen LogP contribution is -2.44. The molecule has 0 saturated heterocycles. The molecule has 1 aliphatic rings. The van der Waals surface area contributed by atoms with E-state index in [9.17, 15) is 0 Å². The Morgan fingerprint density at radius 2 is 2.04 bits per heavy atom. The van der Waals surface area contributed by atoms with Crippen molar-refractivity contribution in [3.63, 3.8) is 0 Å². The fourth-order valence-electron chi connectivity index (χ4n) is 3.61. The highest BCUT2D eigenvalue weighted by molar-refractivity contribution is 14.0. The smallest absolute Gasteiger partial charge is 0.191 e. The molecule has 2 N–H and O–H groups in total. The third-order valence-electron chi connectivity index (χ3n) is 5.32. The topological polar surface area (TPSA) is 67.1 Å². The Bertz CT molecular complexity index is 705. The second-order valence-electron chi connectivity index (χ2n) is 7.42. The average Bonchev–Trinajstić information content (AvgIpc) is 3.20. The minimum absolute atomic E-state index is 0. The van der Waals surface area contributed by atoms with Crippen molar-refractivity contribution in [3.8, 4) is 5.82 Å². The van der Waals surface area contributed by atoms with E-state index in [0.29, 0.717) is 12.6 Å². The number of guanidine groups is 1. The molecule has 3 rings (SSSR count). The van der Waals surface area contributed by atoms with Gasteiger partial charge in [-0.05, 0) is 55.2 Å². The average molecular weight is 482 g/mol. The highest BCUT2D eigenvalue weighted by Crippen LogP contribution is 2.29. The first-order valence-electron chi connectivity index (χ1n) is 9.56. The minimum Gasteiger partial charge on any atom is -0.354 e. The van der Waals surface area contributed by atoms with Crippen molar-refractivity contribution in [2.45, 2.75) is 52.1 Å². The van der Waals surface area contributed by atoms with Crippen LogP contribution >= 0.6 is 24.0 Å². The van der Waals surface area contributed by atoms with E-state index in [2.05, 4.69) is 45.5 Å². The van der Waals surface area contributed by atoms with Gasteiger partial charge in [0.25, 0.3) is 0 Å². The lowest BCUT2D eigenvalue weighted by molar-refractivity contribution is 0.250. The SMILES string of the molecule is CN=C(NCc1ccnc(-n2ccnc2)c1)NC1CCC(C(C)C)CC1.I. The summed E-state index contributed by atoms with van der Waals surface area (Å²) in [6, 6.07) is 4.61. The number of hydrogen-bond acceptors (Lipinski definition) is 3. The van der Waals surface area contributed by atoms with Crippen molar-refractivity contribution in [1.29, 1.82) is 0 Å². The molecule has 0 aliphatic heterocycles. The van der Waals surface area contributed by atoms with Gasteiger partial charge in [0.15, 0.2) is 5.96 Å². The summed E-state index contributed by atoms with van der Waals surface area (Å²) in [4.78, 5) is 12.9. The Labute approximate surface area is 179 Å². The lowest BCUT2D eigenvalue weighted by Gasteiger charge is -2.32. The normalized spacial score (nSPS) is 20.2. The molecule has 2 heterocycles. The first kappa shape index (κ1) is 21.7. The largest absolute Gasteiger partial charge is 0.354 e. The van der Waals surface area contributed by atoms with Crippen molar-refractivity contribution in [1.82, 2.24) is 25.2 Å². The number of aromatic nitrogens is 3. The fourth-order valence-corrected chi connectivity index (χ4v) is 3.61.